The van der Waals surface area contributed by atoms with Crippen LogP contribution in [0.4, 0.5) is 10.5 Å². The summed E-state index contributed by atoms with van der Waals surface area (Å²) in [5, 5.41) is 13.0. The summed E-state index contributed by atoms with van der Waals surface area (Å²) in [6.45, 7) is 2.61. The van der Waals surface area contributed by atoms with Crippen LogP contribution in [-0.2, 0) is 11.3 Å². The Labute approximate surface area is 98.7 Å². The number of hydrogen-bond acceptors (Lipinski definition) is 4. The predicted octanol–water partition coefficient (Wildman–Crippen LogP) is 2.23. The molecule has 6 heteroatoms. The number of nitro benzene ring substituents is 1. The number of ether oxygens (including phenoxy) is 1. The fourth-order valence-electron chi connectivity index (χ4n) is 1.14. The minimum atomic E-state index is -0.481. The van der Waals surface area contributed by atoms with Crippen LogP contribution in [0.2, 0.25) is 0 Å². The first-order chi connectivity index (χ1) is 8.13. The van der Waals surface area contributed by atoms with Crippen molar-refractivity contribution in [1.82, 2.24) is 5.32 Å². The van der Waals surface area contributed by atoms with Crippen molar-refractivity contribution in [1.29, 1.82) is 0 Å². The first-order valence-corrected chi connectivity index (χ1v) is 5.27. The quantitative estimate of drug-likeness (QED) is 0.630. The highest BCUT2D eigenvalue weighted by Gasteiger charge is 2.05. The predicted molar refractivity (Wildman–Crippen MR) is 61.6 cm³/mol. The smallest absolute Gasteiger partial charge is 0.407 e. The van der Waals surface area contributed by atoms with Crippen LogP contribution in [0, 0.1) is 10.1 Å². The van der Waals surface area contributed by atoms with Gasteiger partial charge in [0.05, 0.1) is 4.92 Å². The lowest BCUT2D eigenvalue weighted by atomic mass is 10.2. The third-order valence-corrected chi connectivity index (χ3v) is 2.04. The van der Waals surface area contributed by atoms with Crippen molar-refractivity contribution in [2.75, 3.05) is 6.54 Å². The van der Waals surface area contributed by atoms with E-state index in [1.165, 1.54) is 12.1 Å². The second-order valence-corrected chi connectivity index (χ2v) is 3.43. The zero-order chi connectivity index (χ0) is 12.7. The third-order valence-electron chi connectivity index (χ3n) is 2.04. The number of alkyl carbamates (subject to hydrolysis) is 1. The average Bonchev–Trinajstić information content (AvgIpc) is 2.34. The first kappa shape index (κ1) is 13.0. The van der Waals surface area contributed by atoms with E-state index in [0.717, 1.165) is 6.42 Å². The van der Waals surface area contributed by atoms with Gasteiger partial charge in [-0.2, -0.15) is 0 Å². The summed E-state index contributed by atoms with van der Waals surface area (Å²) < 4.78 is 4.91. The summed E-state index contributed by atoms with van der Waals surface area (Å²) in [5.41, 5.74) is 0.728. The molecule has 1 aromatic carbocycles. The lowest BCUT2D eigenvalue weighted by molar-refractivity contribution is -0.384. The van der Waals surface area contributed by atoms with Crippen molar-refractivity contribution >= 4 is 11.8 Å². The SMILES string of the molecule is CCCNC(=O)OCc1ccc([N+](=O)[O-])cc1. The van der Waals surface area contributed by atoms with E-state index >= 15 is 0 Å². The summed E-state index contributed by atoms with van der Waals surface area (Å²) in [6.07, 6.45) is 0.359. The van der Waals surface area contributed by atoms with Gasteiger partial charge in [0, 0.05) is 18.7 Å². The molecule has 17 heavy (non-hydrogen) atoms. The molecule has 0 heterocycles. The molecular weight excluding hydrogens is 224 g/mol. The maximum Gasteiger partial charge on any atom is 0.407 e. The Morgan fingerprint density at radius 1 is 1.41 bits per heavy atom. The van der Waals surface area contributed by atoms with Gasteiger partial charge in [0.1, 0.15) is 6.61 Å². The monoisotopic (exact) mass is 238 g/mol. The van der Waals surface area contributed by atoms with Crippen molar-refractivity contribution in [3.8, 4) is 0 Å². The van der Waals surface area contributed by atoms with Crippen LogP contribution in [-0.4, -0.2) is 17.6 Å². The van der Waals surface area contributed by atoms with Gasteiger partial charge in [0.2, 0.25) is 0 Å². The highest BCUT2D eigenvalue weighted by molar-refractivity contribution is 5.67. The maximum atomic E-state index is 11.1. The molecule has 1 aromatic rings. The molecule has 0 unspecified atom stereocenters. The molecule has 1 amide bonds. The van der Waals surface area contributed by atoms with Crippen LogP contribution >= 0.6 is 0 Å². The molecule has 0 atom stereocenters. The Bertz CT molecular complexity index is 389. The number of benzene rings is 1. The number of carbonyl (C=O) groups excluding carboxylic acids is 1. The molecule has 1 rings (SSSR count). The van der Waals surface area contributed by atoms with Gasteiger partial charge in [-0.15, -0.1) is 0 Å². The van der Waals surface area contributed by atoms with Crippen LogP contribution in [0.25, 0.3) is 0 Å². The Kier molecular flexibility index (Phi) is 4.93. The van der Waals surface area contributed by atoms with Crippen LogP contribution in [0.5, 0.6) is 0 Å². The maximum absolute atomic E-state index is 11.1. The number of non-ortho nitro benzene ring substituents is 1. The van der Waals surface area contributed by atoms with Crippen LogP contribution in [0.15, 0.2) is 24.3 Å². The molecule has 0 fully saturated rings. The molecule has 0 aliphatic carbocycles. The van der Waals surface area contributed by atoms with Gasteiger partial charge >= 0.3 is 6.09 Å². The van der Waals surface area contributed by atoms with Crippen molar-refractivity contribution in [2.24, 2.45) is 0 Å². The standard InChI is InChI=1S/C11H14N2O4/c1-2-7-12-11(14)17-8-9-3-5-10(6-4-9)13(15)16/h3-6H,2,7-8H2,1H3,(H,12,14). The second-order valence-electron chi connectivity index (χ2n) is 3.43. The minimum Gasteiger partial charge on any atom is -0.445 e. The number of nitrogens with one attached hydrogen (secondary N) is 1. The van der Waals surface area contributed by atoms with Crippen molar-refractivity contribution in [3.05, 3.63) is 39.9 Å². The van der Waals surface area contributed by atoms with E-state index in [-0.39, 0.29) is 12.3 Å². The summed E-state index contributed by atoms with van der Waals surface area (Å²) in [5.74, 6) is 0. The molecule has 0 aromatic heterocycles. The molecule has 1 N–H and O–H groups in total. The number of carbonyl (C=O) groups is 1. The molecule has 0 radical (unpaired) electrons. The summed E-state index contributed by atoms with van der Waals surface area (Å²) in [6, 6.07) is 5.88. The average molecular weight is 238 g/mol. The minimum absolute atomic E-state index is 0.0178. The highest BCUT2D eigenvalue weighted by Crippen LogP contribution is 2.12. The van der Waals surface area contributed by atoms with E-state index in [4.69, 9.17) is 4.74 Å². The highest BCUT2D eigenvalue weighted by atomic mass is 16.6. The van der Waals surface area contributed by atoms with Gasteiger partial charge in [-0.1, -0.05) is 6.92 Å². The van der Waals surface area contributed by atoms with Crippen molar-refractivity contribution < 1.29 is 14.5 Å². The largest absolute Gasteiger partial charge is 0.445 e. The van der Waals surface area contributed by atoms with E-state index in [9.17, 15) is 14.9 Å². The number of nitrogens with zero attached hydrogens (tertiary/aromatic N) is 1. The van der Waals surface area contributed by atoms with Crippen LogP contribution in [0.3, 0.4) is 0 Å². The Morgan fingerprint density at radius 3 is 2.59 bits per heavy atom. The zero-order valence-corrected chi connectivity index (χ0v) is 9.51. The molecule has 6 nitrogen and oxygen atoms in total. The van der Waals surface area contributed by atoms with Crippen LogP contribution in [0.1, 0.15) is 18.9 Å². The fourth-order valence-corrected chi connectivity index (χ4v) is 1.14. The second kappa shape index (κ2) is 6.47. The lowest BCUT2D eigenvalue weighted by Gasteiger charge is -2.05. The zero-order valence-electron chi connectivity index (χ0n) is 9.51. The topological polar surface area (TPSA) is 81.5 Å². The fraction of sp³-hybridized carbons (Fsp3) is 0.364. The Hall–Kier alpha value is -2.11. The molecule has 0 aliphatic heterocycles. The van der Waals surface area contributed by atoms with Gasteiger partial charge in [0.15, 0.2) is 0 Å². The van der Waals surface area contributed by atoms with E-state index < -0.39 is 11.0 Å². The summed E-state index contributed by atoms with van der Waals surface area (Å²) in [7, 11) is 0. The van der Waals surface area contributed by atoms with Gasteiger partial charge in [-0.3, -0.25) is 10.1 Å². The van der Waals surface area contributed by atoms with E-state index in [1.807, 2.05) is 6.92 Å². The van der Waals surface area contributed by atoms with E-state index in [0.29, 0.717) is 12.1 Å². The molecule has 0 aliphatic rings. The Morgan fingerprint density at radius 2 is 2.06 bits per heavy atom. The lowest BCUT2D eigenvalue weighted by Crippen LogP contribution is -2.24. The number of rotatable bonds is 5. The van der Waals surface area contributed by atoms with Gasteiger partial charge in [-0.05, 0) is 24.1 Å². The number of amides is 1. The summed E-state index contributed by atoms with van der Waals surface area (Å²) >= 11 is 0. The number of hydrogen-bond donors (Lipinski definition) is 1. The van der Waals surface area contributed by atoms with Crippen molar-refractivity contribution in [3.63, 3.8) is 0 Å². The molecule has 0 saturated heterocycles. The first-order valence-electron chi connectivity index (χ1n) is 5.27. The third kappa shape index (κ3) is 4.50. The van der Waals surface area contributed by atoms with Gasteiger partial charge in [0.25, 0.3) is 5.69 Å². The molecule has 0 saturated carbocycles. The van der Waals surface area contributed by atoms with Crippen LogP contribution < -0.4 is 5.32 Å². The van der Waals surface area contributed by atoms with Crippen molar-refractivity contribution in [2.45, 2.75) is 20.0 Å². The Balaban J connectivity index is 2.42. The molecule has 0 bridgehead atoms. The molecular formula is C11H14N2O4. The summed E-state index contributed by atoms with van der Waals surface area (Å²) in [4.78, 5) is 21.0. The molecule has 92 valence electrons. The van der Waals surface area contributed by atoms with Gasteiger partial charge < -0.3 is 10.1 Å². The van der Waals surface area contributed by atoms with Gasteiger partial charge in [-0.25, -0.2) is 4.79 Å². The van der Waals surface area contributed by atoms with E-state index in [2.05, 4.69) is 5.32 Å². The normalized spacial score (nSPS) is 9.71. The van der Waals surface area contributed by atoms with E-state index in [1.54, 1.807) is 12.1 Å². The molecule has 0 spiro atoms. The number of nitro groups is 1.